The third-order valence-corrected chi connectivity index (χ3v) is 6.84. The first kappa shape index (κ1) is 23.4. The summed E-state index contributed by atoms with van der Waals surface area (Å²) in [6, 6.07) is 12.0. The van der Waals surface area contributed by atoms with Crippen LogP contribution in [-0.4, -0.2) is 26.4 Å². The van der Waals surface area contributed by atoms with Gasteiger partial charge in [-0.1, -0.05) is 69.6 Å². The second-order valence-electron chi connectivity index (χ2n) is 9.41. The van der Waals surface area contributed by atoms with Crippen LogP contribution in [0.2, 0.25) is 0 Å². The summed E-state index contributed by atoms with van der Waals surface area (Å²) in [7, 11) is 0. The summed E-state index contributed by atoms with van der Waals surface area (Å²) in [6.45, 7) is 6.55. The molecule has 0 unspecified atom stereocenters. The van der Waals surface area contributed by atoms with Crippen molar-refractivity contribution in [2.45, 2.75) is 63.1 Å². The minimum Gasteiger partial charge on any atom is -0.325 e. The molecule has 1 saturated carbocycles. The molecule has 5 nitrogen and oxygen atoms in total. The Labute approximate surface area is 197 Å². The molecule has 2 aromatic carbocycles. The molecule has 1 fully saturated rings. The van der Waals surface area contributed by atoms with Crippen LogP contribution in [0.4, 0.5) is 14.5 Å². The number of nitrogens with one attached hydrogen (secondary N) is 1. The van der Waals surface area contributed by atoms with Crippen LogP contribution in [0, 0.1) is 11.6 Å². The monoisotopic (exact) mass is 470 g/mol. The molecule has 1 heterocycles. The molecular formula is C25H28F2N4OS. The predicted molar refractivity (Wildman–Crippen MR) is 127 cm³/mol. The smallest absolute Gasteiger partial charge is 0.234 e. The lowest BCUT2D eigenvalue weighted by atomic mass is 9.86. The van der Waals surface area contributed by atoms with Crippen LogP contribution in [0.25, 0.3) is 11.4 Å². The van der Waals surface area contributed by atoms with E-state index in [-0.39, 0.29) is 22.8 Å². The number of nitrogens with zero attached hydrogens (tertiary/aromatic N) is 3. The van der Waals surface area contributed by atoms with Crippen molar-refractivity contribution in [3.05, 3.63) is 59.7 Å². The topological polar surface area (TPSA) is 59.8 Å². The van der Waals surface area contributed by atoms with Crippen LogP contribution in [0.1, 0.15) is 58.1 Å². The molecule has 4 rings (SSSR count). The van der Waals surface area contributed by atoms with Crippen LogP contribution in [0.3, 0.4) is 0 Å². The molecule has 1 N–H and O–H groups in total. The number of aromatic nitrogens is 3. The molecule has 0 bridgehead atoms. The summed E-state index contributed by atoms with van der Waals surface area (Å²) < 4.78 is 28.7. The predicted octanol–water partition coefficient (Wildman–Crippen LogP) is 6.37. The van der Waals surface area contributed by atoms with Gasteiger partial charge in [-0.25, -0.2) is 8.78 Å². The van der Waals surface area contributed by atoms with Crippen molar-refractivity contribution in [2.24, 2.45) is 0 Å². The Morgan fingerprint density at radius 1 is 1.06 bits per heavy atom. The Hall–Kier alpha value is -2.74. The van der Waals surface area contributed by atoms with E-state index in [1.807, 2.05) is 0 Å². The Bertz CT molecular complexity index is 1130. The van der Waals surface area contributed by atoms with Gasteiger partial charge in [-0.05, 0) is 36.0 Å². The minimum atomic E-state index is -0.997. The third kappa shape index (κ3) is 5.43. The molecule has 0 spiro atoms. The van der Waals surface area contributed by atoms with E-state index in [1.165, 1.54) is 23.4 Å². The van der Waals surface area contributed by atoms with Gasteiger partial charge in [0.25, 0.3) is 0 Å². The summed E-state index contributed by atoms with van der Waals surface area (Å²) in [5, 5.41) is 12.2. The molecule has 8 heteroatoms. The van der Waals surface area contributed by atoms with Crippen molar-refractivity contribution in [1.82, 2.24) is 14.8 Å². The van der Waals surface area contributed by atoms with Crippen molar-refractivity contribution in [1.29, 1.82) is 0 Å². The number of halogens is 2. The zero-order valence-corrected chi connectivity index (χ0v) is 19.9. The molecule has 1 aromatic heterocycles. The maximum Gasteiger partial charge on any atom is 0.234 e. The number of thioether (sulfide) groups is 1. The highest BCUT2D eigenvalue weighted by Crippen LogP contribution is 2.37. The Morgan fingerprint density at radius 2 is 1.76 bits per heavy atom. The first-order chi connectivity index (χ1) is 15.7. The fourth-order valence-corrected chi connectivity index (χ4v) is 4.89. The Kier molecular flexibility index (Phi) is 6.83. The van der Waals surface area contributed by atoms with E-state index < -0.39 is 11.6 Å². The van der Waals surface area contributed by atoms with E-state index in [0.717, 1.165) is 49.2 Å². The largest absolute Gasteiger partial charge is 0.325 e. The normalized spacial score (nSPS) is 14.6. The second kappa shape index (κ2) is 9.63. The average molecular weight is 471 g/mol. The molecule has 0 atom stereocenters. The van der Waals surface area contributed by atoms with Crippen molar-refractivity contribution in [2.75, 3.05) is 11.1 Å². The highest BCUT2D eigenvalue weighted by Gasteiger charge is 2.25. The van der Waals surface area contributed by atoms with Gasteiger partial charge in [0.2, 0.25) is 5.91 Å². The number of benzene rings is 2. The van der Waals surface area contributed by atoms with Crippen LogP contribution >= 0.6 is 11.8 Å². The van der Waals surface area contributed by atoms with Gasteiger partial charge in [-0.3, -0.25) is 9.36 Å². The number of carbonyl (C=O) groups is 1. The van der Waals surface area contributed by atoms with Gasteiger partial charge in [-0.15, -0.1) is 10.2 Å². The second-order valence-corrected chi connectivity index (χ2v) is 10.4. The number of anilines is 1. The van der Waals surface area contributed by atoms with Gasteiger partial charge in [0.05, 0.1) is 5.75 Å². The van der Waals surface area contributed by atoms with Crippen LogP contribution in [0.15, 0.2) is 47.6 Å². The number of rotatable bonds is 6. The summed E-state index contributed by atoms with van der Waals surface area (Å²) in [5.41, 5.74) is 2.54. The lowest BCUT2D eigenvalue weighted by Crippen LogP contribution is -2.15. The van der Waals surface area contributed by atoms with Crippen LogP contribution in [-0.2, 0) is 10.2 Å². The maximum atomic E-state index is 13.4. The van der Waals surface area contributed by atoms with Crippen molar-refractivity contribution in [3.8, 4) is 11.4 Å². The molecule has 33 heavy (non-hydrogen) atoms. The molecule has 1 amide bonds. The number of amides is 1. The first-order valence-electron chi connectivity index (χ1n) is 11.2. The standard InChI is InChI=1S/C25H28F2N4OS/c1-25(2,3)17-10-8-16(9-11-17)23-29-30-24(31(23)19-6-4-5-7-19)33-15-22(32)28-18-12-13-20(26)21(27)14-18/h8-14,19H,4-7,15H2,1-3H3,(H,28,32). The van der Waals surface area contributed by atoms with E-state index >= 15 is 0 Å². The van der Waals surface area contributed by atoms with E-state index in [1.54, 1.807) is 0 Å². The maximum absolute atomic E-state index is 13.4. The third-order valence-electron chi connectivity index (χ3n) is 5.90. The zero-order chi connectivity index (χ0) is 23.6. The molecule has 3 aromatic rings. The number of hydrogen-bond donors (Lipinski definition) is 1. The summed E-state index contributed by atoms with van der Waals surface area (Å²) in [6.07, 6.45) is 4.43. The minimum absolute atomic E-state index is 0.0689. The summed E-state index contributed by atoms with van der Waals surface area (Å²) in [5.74, 6) is -1.36. The van der Waals surface area contributed by atoms with E-state index in [4.69, 9.17) is 0 Å². The number of carbonyl (C=O) groups excluding carboxylic acids is 1. The highest BCUT2D eigenvalue weighted by molar-refractivity contribution is 7.99. The molecule has 0 aliphatic heterocycles. The Balaban J connectivity index is 1.53. The number of hydrogen-bond acceptors (Lipinski definition) is 4. The molecule has 174 valence electrons. The fraction of sp³-hybridized carbons (Fsp3) is 0.400. The Morgan fingerprint density at radius 3 is 2.39 bits per heavy atom. The molecule has 0 radical (unpaired) electrons. The first-order valence-corrected chi connectivity index (χ1v) is 12.1. The van der Waals surface area contributed by atoms with Crippen molar-refractivity contribution < 1.29 is 13.6 Å². The lowest BCUT2D eigenvalue weighted by Gasteiger charge is -2.20. The van der Waals surface area contributed by atoms with E-state index in [2.05, 4.69) is 65.1 Å². The fourth-order valence-electron chi connectivity index (χ4n) is 4.08. The van der Waals surface area contributed by atoms with Gasteiger partial charge < -0.3 is 5.32 Å². The average Bonchev–Trinajstić information content (AvgIpc) is 3.44. The summed E-state index contributed by atoms with van der Waals surface area (Å²) in [4.78, 5) is 12.4. The molecule has 1 aliphatic rings. The molecular weight excluding hydrogens is 442 g/mol. The highest BCUT2D eigenvalue weighted by atomic mass is 32.2. The van der Waals surface area contributed by atoms with Gasteiger partial charge in [0, 0.05) is 23.4 Å². The lowest BCUT2D eigenvalue weighted by molar-refractivity contribution is -0.113. The van der Waals surface area contributed by atoms with Gasteiger partial charge in [0.1, 0.15) is 0 Å². The van der Waals surface area contributed by atoms with Crippen LogP contribution in [0.5, 0.6) is 0 Å². The van der Waals surface area contributed by atoms with Crippen LogP contribution < -0.4 is 5.32 Å². The zero-order valence-electron chi connectivity index (χ0n) is 19.1. The van der Waals surface area contributed by atoms with Gasteiger partial charge in [0.15, 0.2) is 22.6 Å². The quantitative estimate of drug-likeness (QED) is 0.426. The molecule has 0 saturated heterocycles. The van der Waals surface area contributed by atoms with E-state index in [9.17, 15) is 13.6 Å². The van der Waals surface area contributed by atoms with Crippen molar-refractivity contribution >= 4 is 23.4 Å². The SMILES string of the molecule is CC(C)(C)c1ccc(-c2nnc(SCC(=O)Nc3ccc(F)c(F)c3)n2C2CCCC2)cc1. The van der Waals surface area contributed by atoms with Gasteiger partial charge >= 0.3 is 0 Å². The van der Waals surface area contributed by atoms with E-state index in [0.29, 0.717) is 11.2 Å². The summed E-state index contributed by atoms with van der Waals surface area (Å²) >= 11 is 1.30. The van der Waals surface area contributed by atoms with Crippen molar-refractivity contribution in [3.63, 3.8) is 0 Å². The molecule has 1 aliphatic carbocycles. The van der Waals surface area contributed by atoms with Gasteiger partial charge in [-0.2, -0.15) is 0 Å².